The third-order valence-corrected chi connectivity index (χ3v) is 4.95. The van der Waals surface area contributed by atoms with Gasteiger partial charge in [0.2, 0.25) is 0 Å². The van der Waals surface area contributed by atoms with E-state index in [1.165, 1.54) is 4.31 Å². The van der Waals surface area contributed by atoms with Crippen molar-refractivity contribution in [2.75, 3.05) is 32.7 Å². The van der Waals surface area contributed by atoms with Gasteiger partial charge in [0.1, 0.15) is 0 Å². The van der Waals surface area contributed by atoms with Gasteiger partial charge in [0.25, 0.3) is 10.2 Å². The minimum absolute atomic E-state index is 0.0431. The van der Waals surface area contributed by atoms with Crippen LogP contribution in [0.25, 0.3) is 0 Å². The van der Waals surface area contributed by atoms with Crippen LogP contribution < -0.4 is 10.0 Å². The number of nitrogens with one attached hydrogen (secondary N) is 2. The van der Waals surface area contributed by atoms with Gasteiger partial charge in [-0.25, -0.2) is 4.72 Å². The van der Waals surface area contributed by atoms with Crippen molar-refractivity contribution >= 4 is 10.2 Å². The van der Waals surface area contributed by atoms with Crippen molar-refractivity contribution in [3.63, 3.8) is 0 Å². The van der Waals surface area contributed by atoms with Gasteiger partial charge < -0.3 is 10.1 Å². The number of hydrogen-bond acceptors (Lipinski definition) is 4. The van der Waals surface area contributed by atoms with E-state index in [0.29, 0.717) is 25.6 Å². The molecule has 0 aromatic heterocycles. The number of rotatable bonds is 4. The Balaban J connectivity index is 1.88. The third kappa shape index (κ3) is 3.64. The molecule has 2 rings (SSSR count). The molecule has 6 nitrogen and oxygen atoms in total. The second kappa shape index (κ2) is 5.83. The molecule has 3 atom stereocenters. The minimum atomic E-state index is -3.36. The summed E-state index contributed by atoms with van der Waals surface area (Å²) in [6.45, 7) is 7.08. The van der Waals surface area contributed by atoms with Gasteiger partial charge >= 0.3 is 0 Å². The van der Waals surface area contributed by atoms with Crippen molar-refractivity contribution < 1.29 is 13.2 Å². The molecule has 0 amide bonds. The van der Waals surface area contributed by atoms with E-state index in [4.69, 9.17) is 4.74 Å². The highest BCUT2D eigenvalue weighted by molar-refractivity contribution is 7.87. The Morgan fingerprint density at radius 3 is 2.56 bits per heavy atom. The van der Waals surface area contributed by atoms with E-state index in [2.05, 4.69) is 10.0 Å². The van der Waals surface area contributed by atoms with Gasteiger partial charge in [-0.3, -0.25) is 0 Å². The molecular weight excluding hydrogens is 254 g/mol. The van der Waals surface area contributed by atoms with Crippen LogP contribution in [-0.2, 0) is 14.9 Å². The molecule has 0 spiro atoms. The fourth-order valence-corrected chi connectivity index (χ4v) is 3.97. The van der Waals surface area contributed by atoms with E-state index in [9.17, 15) is 8.42 Å². The molecule has 2 fully saturated rings. The maximum atomic E-state index is 12.2. The zero-order valence-corrected chi connectivity index (χ0v) is 11.9. The second-order valence-electron chi connectivity index (χ2n) is 5.29. The summed E-state index contributed by atoms with van der Waals surface area (Å²) >= 11 is 0. The highest BCUT2D eigenvalue weighted by atomic mass is 32.2. The Hall–Kier alpha value is -0.210. The van der Waals surface area contributed by atoms with Crippen LogP contribution in [0.2, 0.25) is 0 Å². The molecule has 0 aliphatic carbocycles. The summed E-state index contributed by atoms with van der Waals surface area (Å²) < 4.78 is 34.1. The number of hydrogen-bond donors (Lipinski definition) is 2. The van der Waals surface area contributed by atoms with Crippen LogP contribution in [0.5, 0.6) is 0 Å². The van der Waals surface area contributed by atoms with Crippen LogP contribution in [0, 0.1) is 5.92 Å². The highest BCUT2D eigenvalue weighted by Crippen LogP contribution is 2.14. The summed E-state index contributed by atoms with van der Waals surface area (Å²) in [5.41, 5.74) is 0. The Kier molecular flexibility index (Phi) is 4.60. The van der Waals surface area contributed by atoms with E-state index in [1.807, 2.05) is 13.8 Å². The monoisotopic (exact) mass is 277 g/mol. The van der Waals surface area contributed by atoms with Crippen molar-refractivity contribution in [1.82, 2.24) is 14.3 Å². The molecule has 0 aromatic rings. The average molecular weight is 277 g/mol. The lowest BCUT2D eigenvalue weighted by Crippen LogP contribution is -2.52. The summed E-state index contributed by atoms with van der Waals surface area (Å²) in [5, 5.41) is 3.23. The first-order chi connectivity index (χ1) is 8.47. The predicted octanol–water partition coefficient (Wildman–Crippen LogP) is -0.460. The van der Waals surface area contributed by atoms with E-state index in [1.54, 1.807) is 0 Å². The van der Waals surface area contributed by atoms with Crippen molar-refractivity contribution in [3.8, 4) is 0 Å². The third-order valence-electron chi connectivity index (χ3n) is 3.44. The molecular formula is C11H23N3O3S. The van der Waals surface area contributed by atoms with E-state index >= 15 is 0 Å². The fraction of sp³-hybridized carbons (Fsp3) is 1.00. The van der Waals surface area contributed by atoms with Crippen LogP contribution in [0.3, 0.4) is 0 Å². The smallest absolute Gasteiger partial charge is 0.279 e. The van der Waals surface area contributed by atoms with Gasteiger partial charge in [0.15, 0.2) is 0 Å². The summed E-state index contributed by atoms with van der Waals surface area (Å²) in [7, 11) is -3.36. The summed E-state index contributed by atoms with van der Waals surface area (Å²) in [6, 6.07) is 0. The molecule has 7 heteroatoms. The molecule has 2 aliphatic heterocycles. The summed E-state index contributed by atoms with van der Waals surface area (Å²) in [5.74, 6) is 0.413. The van der Waals surface area contributed by atoms with Crippen molar-refractivity contribution in [2.45, 2.75) is 32.5 Å². The second-order valence-corrected chi connectivity index (χ2v) is 7.04. The Bertz CT molecular complexity index is 358. The van der Waals surface area contributed by atoms with Gasteiger partial charge in [-0.2, -0.15) is 12.7 Å². The van der Waals surface area contributed by atoms with Gasteiger partial charge in [0, 0.05) is 19.6 Å². The van der Waals surface area contributed by atoms with Gasteiger partial charge in [-0.05, 0) is 39.3 Å². The van der Waals surface area contributed by atoms with Crippen LogP contribution in [0.15, 0.2) is 0 Å². The first-order valence-electron chi connectivity index (χ1n) is 6.58. The van der Waals surface area contributed by atoms with E-state index < -0.39 is 10.2 Å². The van der Waals surface area contributed by atoms with Gasteiger partial charge in [0.05, 0.1) is 12.2 Å². The molecule has 18 heavy (non-hydrogen) atoms. The molecule has 106 valence electrons. The largest absolute Gasteiger partial charge is 0.373 e. The molecule has 2 aliphatic rings. The van der Waals surface area contributed by atoms with Gasteiger partial charge in [-0.15, -0.1) is 0 Å². The number of ether oxygens (including phenoxy) is 1. The lowest BCUT2D eigenvalue weighted by molar-refractivity contribution is -0.0444. The molecule has 3 unspecified atom stereocenters. The Morgan fingerprint density at radius 1 is 1.33 bits per heavy atom. The zero-order chi connectivity index (χ0) is 13.2. The predicted molar refractivity (Wildman–Crippen MR) is 69.5 cm³/mol. The average Bonchev–Trinajstić information content (AvgIpc) is 2.78. The van der Waals surface area contributed by atoms with E-state index in [-0.39, 0.29) is 12.2 Å². The maximum Gasteiger partial charge on any atom is 0.279 e. The lowest BCUT2D eigenvalue weighted by Gasteiger charge is -2.34. The maximum absolute atomic E-state index is 12.2. The van der Waals surface area contributed by atoms with Crippen LogP contribution >= 0.6 is 0 Å². The van der Waals surface area contributed by atoms with Crippen LogP contribution in [0.1, 0.15) is 20.3 Å². The van der Waals surface area contributed by atoms with Crippen LogP contribution in [0.4, 0.5) is 0 Å². The Labute approximate surface area is 109 Å². The quantitative estimate of drug-likeness (QED) is 0.729. The zero-order valence-electron chi connectivity index (χ0n) is 11.1. The van der Waals surface area contributed by atoms with Crippen molar-refractivity contribution in [3.05, 3.63) is 0 Å². The lowest BCUT2D eigenvalue weighted by atomic mass is 10.1. The molecule has 2 saturated heterocycles. The molecule has 0 radical (unpaired) electrons. The first kappa shape index (κ1) is 14.2. The minimum Gasteiger partial charge on any atom is -0.373 e. The topological polar surface area (TPSA) is 70.7 Å². The normalized spacial score (nSPS) is 34.9. The van der Waals surface area contributed by atoms with Crippen LogP contribution in [-0.4, -0.2) is 57.7 Å². The summed E-state index contributed by atoms with van der Waals surface area (Å²) in [6.07, 6.45) is 0.954. The highest BCUT2D eigenvalue weighted by Gasteiger charge is 2.31. The van der Waals surface area contributed by atoms with E-state index in [0.717, 1.165) is 19.5 Å². The molecule has 0 aromatic carbocycles. The molecule has 0 saturated carbocycles. The first-order valence-corrected chi connectivity index (χ1v) is 8.02. The SMILES string of the molecule is CC1CN(S(=O)(=O)NCC2CCNC2)CC(C)O1. The Morgan fingerprint density at radius 2 is 2.00 bits per heavy atom. The summed E-state index contributed by atoms with van der Waals surface area (Å²) in [4.78, 5) is 0. The van der Waals surface area contributed by atoms with Gasteiger partial charge in [-0.1, -0.05) is 0 Å². The van der Waals surface area contributed by atoms with Crippen molar-refractivity contribution in [2.24, 2.45) is 5.92 Å². The molecule has 2 heterocycles. The number of morpholine rings is 1. The standard InChI is InChI=1S/C11H23N3O3S/c1-9-7-14(8-10(2)17-9)18(15,16)13-6-11-3-4-12-5-11/h9-13H,3-8H2,1-2H3. The fourth-order valence-electron chi connectivity index (χ4n) is 2.53. The number of nitrogens with zero attached hydrogens (tertiary/aromatic N) is 1. The van der Waals surface area contributed by atoms with Crippen molar-refractivity contribution in [1.29, 1.82) is 0 Å². The molecule has 0 bridgehead atoms. The molecule has 2 N–H and O–H groups in total.